The largest absolute Gasteiger partial charge is 0.310 e. The summed E-state index contributed by atoms with van der Waals surface area (Å²) in [5.74, 6) is -0.0671. The van der Waals surface area contributed by atoms with Gasteiger partial charge in [0, 0.05) is 24.7 Å². The summed E-state index contributed by atoms with van der Waals surface area (Å²) in [5.41, 5.74) is 2.01. The van der Waals surface area contributed by atoms with E-state index in [1.165, 1.54) is 31.2 Å². The molecular formula is C17H27FN2. The minimum atomic E-state index is -0.0671. The van der Waals surface area contributed by atoms with Crippen LogP contribution < -0.4 is 5.32 Å². The number of likely N-dealkylation sites (tertiary alicyclic amines) is 1. The van der Waals surface area contributed by atoms with E-state index in [0.717, 1.165) is 31.7 Å². The van der Waals surface area contributed by atoms with Gasteiger partial charge in [-0.2, -0.15) is 0 Å². The molecule has 0 aromatic heterocycles. The van der Waals surface area contributed by atoms with E-state index in [1.54, 1.807) is 6.07 Å². The zero-order chi connectivity index (χ0) is 14.4. The van der Waals surface area contributed by atoms with Gasteiger partial charge in [-0.05, 0) is 37.6 Å². The Labute approximate surface area is 122 Å². The van der Waals surface area contributed by atoms with Gasteiger partial charge in [0.25, 0.3) is 0 Å². The van der Waals surface area contributed by atoms with Gasteiger partial charge in [-0.15, -0.1) is 0 Å². The van der Waals surface area contributed by atoms with Gasteiger partial charge in [-0.1, -0.05) is 38.8 Å². The highest BCUT2D eigenvalue weighted by Crippen LogP contribution is 2.17. The summed E-state index contributed by atoms with van der Waals surface area (Å²) >= 11 is 0. The molecule has 0 atom stereocenters. The Balaban J connectivity index is 1.99. The van der Waals surface area contributed by atoms with Crippen LogP contribution in [0.2, 0.25) is 0 Å². The van der Waals surface area contributed by atoms with Crippen molar-refractivity contribution in [2.45, 2.75) is 58.7 Å². The highest BCUT2D eigenvalue weighted by molar-refractivity contribution is 5.25. The van der Waals surface area contributed by atoms with E-state index in [2.05, 4.69) is 24.1 Å². The van der Waals surface area contributed by atoms with Crippen LogP contribution in [-0.2, 0) is 13.1 Å². The van der Waals surface area contributed by atoms with Gasteiger partial charge in [0.15, 0.2) is 0 Å². The molecule has 1 aliphatic heterocycles. The fourth-order valence-electron chi connectivity index (χ4n) is 2.72. The molecule has 3 heteroatoms. The highest BCUT2D eigenvalue weighted by Gasteiger charge is 2.12. The van der Waals surface area contributed by atoms with Crippen LogP contribution in [0.25, 0.3) is 0 Å². The minimum absolute atomic E-state index is 0.0671. The third-order valence-corrected chi connectivity index (χ3v) is 3.92. The average Bonchev–Trinajstić information content (AvgIpc) is 2.68. The van der Waals surface area contributed by atoms with Crippen LogP contribution in [0.4, 0.5) is 4.39 Å². The molecular weight excluding hydrogens is 251 g/mol. The van der Waals surface area contributed by atoms with E-state index in [0.29, 0.717) is 6.04 Å². The van der Waals surface area contributed by atoms with E-state index >= 15 is 0 Å². The molecule has 1 aliphatic rings. The van der Waals surface area contributed by atoms with Crippen molar-refractivity contribution in [3.8, 4) is 0 Å². The Morgan fingerprint density at radius 3 is 2.50 bits per heavy atom. The van der Waals surface area contributed by atoms with Gasteiger partial charge in [0.05, 0.1) is 0 Å². The lowest BCUT2D eigenvalue weighted by atomic mass is 10.1. The van der Waals surface area contributed by atoms with Crippen molar-refractivity contribution in [2.24, 2.45) is 0 Å². The van der Waals surface area contributed by atoms with Crippen molar-refractivity contribution in [3.05, 3.63) is 35.1 Å². The normalized spacial score (nSPS) is 17.4. The Morgan fingerprint density at radius 2 is 1.85 bits per heavy atom. The third-order valence-electron chi connectivity index (χ3n) is 3.92. The van der Waals surface area contributed by atoms with Crippen LogP contribution in [0, 0.1) is 5.82 Å². The number of hydrogen-bond donors (Lipinski definition) is 1. The van der Waals surface area contributed by atoms with Crippen LogP contribution in [0.3, 0.4) is 0 Å². The third kappa shape index (κ3) is 4.88. The predicted molar refractivity (Wildman–Crippen MR) is 82.1 cm³/mol. The zero-order valence-corrected chi connectivity index (χ0v) is 12.8. The second-order valence-electron chi connectivity index (χ2n) is 6.15. The molecule has 0 radical (unpaired) electrons. The highest BCUT2D eigenvalue weighted by atomic mass is 19.1. The fourth-order valence-corrected chi connectivity index (χ4v) is 2.72. The quantitative estimate of drug-likeness (QED) is 0.883. The smallest absolute Gasteiger partial charge is 0.127 e. The first kappa shape index (κ1) is 15.5. The monoisotopic (exact) mass is 278 g/mol. The fraction of sp³-hybridized carbons (Fsp3) is 0.647. The van der Waals surface area contributed by atoms with Crippen molar-refractivity contribution >= 4 is 0 Å². The van der Waals surface area contributed by atoms with Crippen molar-refractivity contribution in [2.75, 3.05) is 13.1 Å². The molecule has 1 fully saturated rings. The second-order valence-corrected chi connectivity index (χ2v) is 6.15. The molecule has 2 nitrogen and oxygen atoms in total. The first-order chi connectivity index (χ1) is 9.65. The lowest BCUT2D eigenvalue weighted by molar-refractivity contribution is 0.273. The summed E-state index contributed by atoms with van der Waals surface area (Å²) in [5, 5.41) is 3.39. The number of hydrogen-bond acceptors (Lipinski definition) is 2. The standard InChI is InChI=1S/C17H27FN2/c1-14(2)19-12-15-7-8-17(18)16(11-15)13-20-9-5-3-4-6-10-20/h7-8,11,14,19H,3-6,9-10,12-13H2,1-2H3. The molecule has 20 heavy (non-hydrogen) atoms. The first-order valence-corrected chi connectivity index (χ1v) is 7.88. The van der Waals surface area contributed by atoms with Crippen molar-refractivity contribution in [1.29, 1.82) is 0 Å². The maximum Gasteiger partial charge on any atom is 0.127 e. The molecule has 0 spiro atoms. The van der Waals surface area contributed by atoms with E-state index in [4.69, 9.17) is 0 Å². The summed E-state index contributed by atoms with van der Waals surface area (Å²) in [4.78, 5) is 2.39. The van der Waals surface area contributed by atoms with Crippen molar-refractivity contribution in [3.63, 3.8) is 0 Å². The number of nitrogens with zero attached hydrogens (tertiary/aromatic N) is 1. The maximum absolute atomic E-state index is 14.0. The van der Waals surface area contributed by atoms with Crippen LogP contribution in [0.5, 0.6) is 0 Å². The Bertz CT molecular complexity index is 409. The summed E-state index contributed by atoms with van der Waals surface area (Å²) in [6.45, 7) is 8.03. The van der Waals surface area contributed by atoms with Gasteiger partial charge in [0.2, 0.25) is 0 Å². The van der Waals surface area contributed by atoms with Gasteiger partial charge in [0.1, 0.15) is 5.82 Å². The van der Waals surface area contributed by atoms with Crippen LogP contribution in [0.15, 0.2) is 18.2 Å². The summed E-state index contributed by atoms with van der Waals surface area (Å²) in [6, 6.07) is 5.98. The first-order valence-electron chi connectivity index (χ1n) is 7.88. The Kier molecular flexibility index (Phi) is 5.99. The van der Waals surface area contributed by atoms with Crippen molar-refractivity contribution in [1.82, 2.24) is 10.2 Å². The molecule has 1 N–H and O–H groups in total. The maximum atomic E-state index is 14.0. The lowest BCUT2D eigenvalue weighted by Crippen LogP contribution is -2.25. The minimum Gasteiger partial charge on any atom is -0.310 e. The molecule has 2 rings (SSSR count). The number of benzene rings is 1. The van der Waals surface area contributed by atoms with E-state index in [-0.39, 0.29) is 5.82 Å². The van der Waals surface area contributed by atoms with Gasteiger partial charge < -0.3 is 5.32 Å². The molecule has 0 saturated carbocycles. The summed E-state index contributed by atoms with van der Waals surface area (Å²) < 4.78 is 14.0. The molecule has 1 aromatic rings. The van der Waals surface area contributed by atoms with Crippen molar-refractivity contribution < 1.29 is 4.39 Å². The molecule has 0 bridgehead atoms. The van der Waals surface area contributed by atoms with E-state index in [9.17, 15) is 4.39 Å². The molecule has 1 aromatic carbocycles. The lowest BCUT2D eigenvalue weighted by Gasteiger charge is -2.20. The summed E-state index contributed by atoms with van der Waals surface area (Å²) in [7, 11) is 0. The van der Waals surface area contributed by atoms with E-state index in [1.807, 2.05) is 12.1 Å². The zero-order valence-electron chi connectivity index (χ0n) is 12.8. The number of nitrogens with one attached hydrogen (secondary N) is 1. The van der Waals surface area contributed by atoms with Gasteiger partial charge in [-0.3, -0.25) is 4.90 Å². The van der Waals surface area contributed by atoms with Crippen LogP contribution >= 0.6 is 0 Å². The molecule has 0 unspecified atom stereocenters. The number of halogens is 1. The Morgan fingerprint density at radius 1 is 1.15 bits per heavy atom. The SMILES string of the molecule is CC(C)NCc1ccc(F)c(CN2CCCCCC2)c1. The number of rotatable bonds is 5. The van der Waals surface area contributed by atoms with Gasteiger partial charge in [-0.25, -0.2) is 4.39 Å². The second kappa shape index (κ2) is 7.75. The molecule has 0 aliphatic carbocycles. The predicted octanol–water partition coefficient (Wildman–Crippen LogP) is 3.70. The average molecular weight is 278 g/mol. The van der Waals surface area contributed by atoms with Crippen LogP contribution in [-0.4, -0.2) is 24.0 Å². The molecule has 1 saturated heterocycles. The topological polar surface area (TPSA) is 15.3 Å². The van der Waals surface area contributed by atoms with Crippen LogP contribution in [0.1, 0.15) is 50.7 Å². The van der Waals surface area contributed by atoms with E-state index < -0.39 is 0 Å². The molecule has 112 valence electrons. The molecule has 1 heterocycles. The summed E-state index contributed by atoms with van der Waals surface area (Å²) in [6.07, 6.45) is 5.13. The molecule has 0 amide bonds. The Hall–Kier alpha value is -0.930. The van der Waals surface area contributed by atoms with Gasteiger partial charge >= 0.3 is 0 Å².